The van der Waals surface area contributed by atoms with Crippen molar-refractivity contribution in [3.8, 4) is 5.75 Å². The summed E-state index contributed by atoms with van der Waals surface area (Å²) in [5, 5.41) is 12.5. The van der Waals surface area contributed by atoms with E-state index in [4.69, 9.17) is 0 Å². The number of nitrogens with zero attached hydrogens (tertiary/aromatic N) is 1. The molecule has 2 rings (SSSR count). The average molecular weight is 220 g/mol. The second-order valence-electron chi connectivity index (χ2n) is 3.26. The van der Waals surface area contributed by atoms with Crippen molar-refractivity contribution in [1.82, 2.24) is 4.98 Å². The maximum Gasteiger partial charge on any atom is 0.117 e. The molecule has 0 atom stereocenters. The van der Waals surface area contributed by atoms with E-state index in [9.17, 15) is 5.11 Å². The topological polar surface area (TPSA) is 45.2 Å². The minimum absolute atomic E-state index is 0.279. The number of aromatic hydroxyl groups is 1. The lowest BCUT2D eigenvalue weighted by Gasteiger charge is -2.05. The summed E-state index contributed by atoms with van der Waals surface area (Å²) in [6, 6.07) is 7.10. The molecular formula is C11H12N2OS. The minimum Gasteiger partial charge on any atom is -0.508 e. The Morgan fingerprint density at radius 3 is 3.00 bits per heavy atom. The molecule has 0 amide bonds. The fraction of sp³-hybridized carbons (Fsp3) is 0.182. The Morgan fingerprint density at radius 2 is 2.33 bits per heavy atom. The molecule has 0 unspecified atom stereocenters. The maximum absolute atomic E-state index is 9.28. The van der Waals surface area contributed by atoms with Gasteiger partial charge >= 0.3 is 0 Å². The van der Waals surface area contributed by atoms with Crippen molar-refractivity contribution < 1.29 is 5.11 Å². The van der Waals surface area contributed by atoms with E-state index < -0.39 is 0 Å². The second-order valence-corrected chi connectivity index (χ2v) is 4.20. The Balaban J connectivity index is 2.02. The molecule has 15 heavy (non-hydrogen) atoms. The molecule has 0 bridgehead atoms. The van der Waals surface area contributed by atoms with Gasteiger partial charge in [0.1, 0.15) is 5.75 Å². The summed E-state index contributed by atoms with van der Waals surface area (Å²) in [5.41, 5.74) is 3.82. The van der Waals surface area contributed by atoms with Gasteiger partial charge in [0.15, 0.2) is 0 Å². The van der Waals surface area contributed by atoms with Crippen LogP contribution < -0.4 is 5.32 Å². The van der Waals surface area contributed by atoms with Gasteiger partial charge in [0.05, 0.1) is 17.7 Å². The zero-order valence-electron chi connectivity index (χ0n) is 8.40. The summed E-state index contributed by atoms with van der Waals surface area (Å²) < 4.78 is 0. The number of rotatable bonds is 3. The maximum atomic E-state index is 9.28. The molecule has 2 aromatic rings. The molecule has 1 aromatic carbocycles. The summed E-state index contributed by atoms with van der Waals surface area (Å²) >= 11 is 1.64. The molecule has 3 nitrogen and oxygen atoms in total. The fourth-order valence-electron chi connectivity index (χ4n) is 1.29. The molecule has 0 saturated carbocycles. The zero-order valence-corrected chi connectivity index (χ0v) is 9.21. The van der Waals surface area contributed by atoms with E-state index in [2.05, 4.69) is 10.3 Å². The highest BCUT2D eigenvalue weighted by Crippen LogP contribution is 2.18. The monoisotopic (exact) mass is 220 g/mol. The van der Waals surface area contributed by atoms with Crippen LogP contribution in [0.4, 0.5) is 5.69 Å². The third-order valence-corrected chi connectivity index (χ3v) is 3.08. The van der Waals surface area contributed by atoms with E-state index in [1.54, 1.807) is 23.5 Å². The predicted molar refractivity (Wildman–Crippen MR) is 62.3 cm³/mol. The molecule has 0 aliphatic rings. The molecule has 0 spiro atoms. The number of phenols is 1. The first-order valence-electron chi connectivity index (χ1n) is 4.67. The Bertz CT molecular complexity index is 453. The van der Waals surface area contributed by atoms with Gasteiger partial charge < -0.3 is 10.4 Å². The first-order valence-corrected chi connectivity index (χ1v) is 5.55. The van der Waals surface area contributed by atoms with Crippen LogP contribution in [0.5, 0.6) is 5.75 Å². The molecule has 4 heteroatoms. The predicted octanol–water partition coefficient (Wildman–Crippen LogP) is 2.77. The van der Waals surface area contributed by atoms with Crippen LogP contribution >= 0.6 is 11.3 Å². The van der Waals surface area contributed by atoms with E-state index in [1.807, 2.05) is 24.6 Å². The number of benzene rings is 1. The highest BCUT2D eigenvalue weighted by Gasteiger charge is 2.00. The van der Waals surface area contributed by atoms with Crippen LogP contribution in [0.3, 0.4) is 0 Å². The van der Waals surface area contributed by atoms with Crippen LogP contribution in [-0.2, 0) is 6.54 Å². The summed E-state index contributed by atoms with van der Waals surface area (Å²) in [6.07, 6.45) is 0. The van der Waals surface area contributed by atoms with Gasteiger partial charge in [-0.05, 0) is 19.1 Å². The molecule has 0 aliphatic heterocycles. The van der Waals surface area contributed by atoms with Crippen molar-refractivity contribution in [2.75, 3.05) is 5.32 Å². The van der Waals surface area contributed by atoms with Crippen molar-refractivity contribution >= 4 is 17.0 Å². The van der Waals surface area contributed by atoms with Crippen LogP contribution in [-0.4, -0.2) is 10.1 Å². The molecular weight excluding hydrogens is 208 g/mol. The van der Waals surface area contributed by atoms with E-state index in [-0.39, 0.29) is 5.75 Å². The fourth-order valence-corrected chi connectivity index (χ4v) is 2.01. The number of hydrogen-bond acceptors (Lipinski definition) is 4. The van der Waals surface area contributed by atoms with Crippen LogP contribution in [0.2, 0.25) is 0 Å². The molecule has 2 N–H and O–H groups in total. The molecule has 0 fully saturated rings. The molecule has 78 valence electrons. The summed E-state index contributed by atoms with van der Waals surface area (Å²) in [7, 11) is 0. The number of aromatic nitrogens is 1. The number of thiazole rings is 1. The Morgan fingerprint density at radius 1 is 1.47 bits per heavy atom. The van der Waals surface area contributed by atoms with E-state index in [0.717, 1.165) is 17.9 Å². The first-order chi connectivity index (χ1) is 7.25. The van der Waals surface area contributed by atoms with Crippen LogP contribution in [0.25, 0.3) is 0 Å². The lowest BCUT2D eigenvalue weighted by molar-refractivity contribution is 0.475. The van der Waals surface area contributed by atoms with Crippen molar-refractivity contribution in [1.29, 1.82) is 0 Å². The molecule has 0 aliphatic carbocycles. The van der Waals surface area contributed by atoms with Crippen molar-refractivity contribution in [2.24, 2.45) is 0 Å². The number of aryl methyl sites for hydroxylation is 1. The quantitative estimate of drug-likeness (QED) is 0.836. The van der Waals surface area contributed by atoms with E-state index in [1.165, 1.54) is 4.88 Å². The van der Waals surface area contributed by atoms with Gasteiger partial charge in [0, 0.05) is 16.6 Å². The lowest BCUT2D eigenvalue weighted by atomic mass is 10.3. The van der Waals surface area contributed by atoms with Crippen molar-refractivity contribution in [3.63, 3.8) is 0 Å². The number of hydrogen-bond donors (Lipinski definition) is 2. The average Bonchev–Trinajstić information content (AvgIpc) is 2.61. The number of phenolic OH excluding ortho intramolecular Hbond substituents is 1. The third kappa shape index (κ3) is 2.47. The summed E-state index contributed by atoms with van der Waals surface area (Å²) in [4.78, 5) is 5.40. The van der Waals surface area contributed by atoms with Crippen LogP contribution in [0.15, 0.2) is 29.8 Å². The summed E-state index contributed by atoms with van der Waals surface area (Å²) in [6.45, 7) is 2.75. The van der Waals surface area contributed by atoms with Gasteiger partial charge in [-0.2, -0.15) is 0 Å². The van der Waals surface area contributed by atoms with Gasteiger partial charge in [-0.3, -0.25) is 0 Å². The molecule has 1 aromatic heterocycles. The van der Waals surface area contributed by atoms with Crippen LogP contribution in [0, 0.1) is 6.92 Å². The van der Waals surface area contributed by atoms with Gasteiger partial charge in [0.25, 0.3) is 0 Å². The second kappa shape index (κ2) is 4.31. The number of anilines is 1. The Labute approximate surface area is 92.4 Å². The first kappa shape index (κ1) is 9.98. The molecule has 0 radical (unpaired) electrons. The normalized spacial score (nSPS) is 10.2. The third-order valence-electron chi connectivity index (χ3n) is 2.14. The van der Waals surface area contributed by atoms with Gasteiger partial charge in [-0.15, -0.1) is 11.3 Å². The zero-order chi connectivity index (χ0) is 10.7. The lowest BCUT2D eigenvalue weighted by Crippen LogP contribution is -1.98. The van der Waals surface area contributed by atoms with Gasteiger partial charge in [-0.25, -0.2) is 4.98 Å². The molecule has 0 saturated heterocycles. The highest BCUT2D eigenvalue weighted by molar-refractivity contribution is 7.09. The number of nitrogens with one attached hydrogen (secondary N) is 1. The Hall–Kier alpha value is -1.55. The van der Waals surface area contributed by atoms with Crippen molar-refractivity contribution in [3.05, 3.63) is 40.3 Å². The largest absolute Gasteiger partial charge is 0.508 e. The standard InChI is InChI=1S/C11H12N2OS/c1-8-11(15-7-13-8)6-12-9-3-2-4-10(14)5-9/h2-5,7,12,14H,6H2,1H3. The smallest absolute Gasteiger partial charge is 0.117 e. The van der Waals surface area contributed by atoms with Crippen LogP contribution in [0.1, 0.15) is 10.6 Å². The summed E-state index contributed by atoms with van der Waals surface area (Å²) in [5.74, 6) is 0.279. The van der Waals surface area contributed by atoms with Crippen molar-refractivity contribution in [2.45, 2.75) is 13.5 Å². The Kier molecular flexibility index (Phi) is 2.87. The van der Waals surface area contributed by atoms with E-state index >= 15 is 0 Å². The SMILES string of the molecule is Cc1ncsc1CNc1cccc(O)c1. The van der Waals surface area contributed by atoms with E-state index in [0.29, 0.717) is 0 Å². The minimum atomic E-state index is 0.279. The highest BCUT2D eigenvalue weighted by atomic mass is 32.1. The van der Waals surface area contributed by atoms with Gasteiger partial charge in [-0.1, -0.05) is 6.07 Å². The molecule has 1 heterocycles. The van der Waals surface area contributed by atoms with Gasteiger partial charge in [0.2, 0.25) is 0 Å².